The standard InChI is InChI=1S/C44H50N4O2/c1-3-17-47-19-15-43-35-9-5-7-11-37(35)45-26-34-32-24-40-44(16-20-48(40,18-4-2)28-30(32)14-22-50)36-10-6-8-12-38(36)46(42(34)44)25-33(41(43)45)31(23-39(43)47)29(27-47)13-21-49/h3-14,25-26,31-32,39-42,49-50H,1-2,15-24,27-28H2/q+2/b29-13-,30-14-,33-25-,34-26-/t31?,32?,39?,40?,41?,42?,43-,44-,47+,48+/m1/s1. The van der Waals surface area contributed by atoms with Gasteiger partial charge in [0.25, 0.3) is 0 Å². The molecular formula is C44H50N4O2+2. The molecule has 0 radical (unpaired) electrons. The fourth-order valence-electron chi connectivity index (χ4n) is 14.6. The fourth-order valence-corrected chi connectivity index (χ4v) is 14.6. The van der Waals surface area contributed by atoms with Gasteiger partial charge in [0.15, 0.2) is 0 Å². The van der Waals surface area contributed by atoms with E-state index in [-0.39, 0.29) is 36.1 Å². The van der Waals surface area contributed by atoms with Crippen molar-refractivity contribution in [3.63, 3.8) is 0 Å². The lowest BCUT2D eigenvalue weighted by Gasteiger charge is -2.59. The number of piperidine rings is 2. The average Bonchev–Trinajstić information content (AvgIpc) is 3.81. The molecule has 4 saturated heterocycles. The van der Waals surface area contributed by atoms with E-state index in [9.17, 15) is 10.2 Å². The molecule has 0 aromatic heterocycles. The molecule has 2 N–H and O–H groups in total. The summed E-state index contributed by atoms with van der Waals surface area (Å²) in [5.41, 5.74) is 11.8. The second kappa shape index (κ2) is 10.0. The van der Waals surface area contributed by atoms with Crippen molar-refractivity contribution in [1.29, 1.82) is 0 Å². The number of anilines is 2. The Balaban J connectivity index is 1.22. The molecule has 0 amide bonds. The molecule has 2 aliphatic carbocycles. The number of quaternary nitrogens is 2. The Morgan fingerprint density at radius 2 is 1.12 bits per heavy atom. The van der Waals surface area contributed by atoms with Gasteiger partial charge in [0.1, 0.15) is 25.2 Å². The molecular weight excluding hydrogens is 617 g/mol. The summed E-state index contributed by atoms with van der Waals surface area (Å²) in [6.07, 6.45) is 18.6. The van der Waals surface area contributed by atoms with Crippen LogP contribution in [0.3, 0.4) is 0 Å². The van der Waals surface area contributed by atoms with Crippen molar-refractivity contribution in [2.45, 2.75) is 60.7 Å². The van der Waals surface area contributed by atoms with Crippen LogP contribution in [0.4, 0.5) is 11.4 Å². The van der Waals surface area contributed by atoms with Crippen LogP contribution < -0.4 is 9.80 Å². The lowest BCUT2D eigenvalue weighted by molar-refractivity contribution is -0.937. The third-order valence-electron chi connectivity index (χ3n) is 15.9. The van der Waals surface area contributed by atoms with Gasteiger partial charge >= 0.3 is 0 Å². The van der Waals surface area contributed by atoms with Crippen molar-refractivity contribution in [2.24, 2.45) is 11.8 Å². The highest BCUT2D eigenvalue weighted by molar-refractivity contribution is 5.77. The van der Waals surface area contributed by atoms with E-state index in [0.29, 0.717) is 23.9 Å². The lowest BCUT2D eigenvalue weighted by atomic mass is 9.56. The van der Waals surface area contributed by atoms with Crippen LogP contribution in [0.1, 0.15) is 36.8 Å². The van der Waals surface area contributed by atoms with Crippen LogP contribution in [0.15, 0.2) is 121 Å². The number of benzene rings is 2. The predicted octanol–water partition coefficient (Wildman–Crippen LogP) is 5.48. The number of rotatable bonds is 6. The molecule has 256 valence electrons. The number of hydrogen-bond acceptors (Lipinski definition) is 4. The van der Waals surface area contributed by atoms with Crippen LogP contribution in [0, 0.1) is 11.8 Å². The minimum Gasteiger partial charge on any atom is -0.392 e. The highest BCUT2D eigenvalue weighted by Gasteiger charge is 2.75. The average molecular weight is 667 g/mol. The van der Waals surface area contributed by atoms with Crippen molar-refractivity contribution < 1.29 is 19.2 Å². The second-order valence-electron chi connectivity index (χ2n) is 17.2. The molecule has 2 aromatic carbocycles. The van der Waals surface area contributed by atoms with Gasteiger partial charge in [0.05, 0.1) is 62.3 Å². The summed E-state index contributed by atoms with van der Waals surface area (Å²) in [6, 6.07) is 20.3. The molecule has 6 unspecified atom stereocenters. The molecule has 6 fully saturated rings. The Morgan fingerprint density at radius 3 is 1.54 bits per heavy atom. The zero-order valence-electron chi connectivity index (χ0n) is 29.1. The van der Waals surface area contributed by atoms with Crippen LogP contribution in [0.2, 0.25) is 0 Å². The number of aliphatic hydroxyl groups is 2. The van der Waals surface area contributed by atoms with Crippen LogP contribution in [0.5, 0.6) is 0 Å². The van der Waals surface area contributed by atoms with Gasteiger partial charge in [-0.25, -0.2) is 0 Å². The van der Waals surface area contributed by atoms with Crippen LogP contribution in [-0.2, 0) is 10.8 Å². The summed E-state index contributed by atoms with van der Waals surface area (Å²) < 4.78 is 2.12. The molecule has 10 atom stereocenters. The van der Waals surface area contributed by atoms with E-state index >= 15 is 0 Å². The van der Waals surface area contributed by atoms with E-state index in [0.717, 1.165) is 73.9 Å². The number of fused-ring (bicyclic) bond motifs is 8. The Labute approximate surface area is 296 Å². The summed E-state index contributed by atoms with van der Waals surface area (Å²) in [7, 11) is 0. The first-order valence-corrected chi connectivity index (χ1v) is 19.2. The van der Waals surface area contributed by atoms with Gasteiger partial charge in [-0.2, -0.15) is 0 Å². The lowest BCUT2D eigenvalue weighted by Crippen LogP contribution is -2.69. The summed E-state index contributed by atoms with van der Waals surface area (Å²) >= 11 is 0. The molecule has 50 heavy (non-hydrogen) atoms. The van der Waals surface area contributed by atoms with E-state index in [1.807, 2.05) is 0 Å². The predicted molar refractivity (Wildman–Crippen MR) is 198 cm³/mol. The summed E-state index contributed by atoms with van der Waals surface area (Å²) in [5, 5.41) is 20.9. The summed E-state index contributed by atoms with van der Waals surface area (Å²) in [6.45, 7) is 15.0. The van der Waals surface area contributed by atoms with E-state index < -0.39 is 0 Å². The van der Waals surface area contributed by atoms with Crippen molar-refractivity contribution in [3.8, 4) is 0 Å². The van der Waals surface area contributed by atoms with Gasteiger partial charge in [0, 0.05) is 61.3 Å². The van der Waals surface area contributed by atoms with Gasteiger partial charge in [-0.05, 0) is 57.7 Å². The number of nitrogens with zero attached hydrogens (tertiary/aromatic N) is 4. The van der Waals surface area contributed by atoms with E-state index in [1.165, 1.54) is 33.6 Å². The van der Waals surface area contributed by atoms with Gasteiger partial charge in [-0.15, -0.1) is 0 Å². The third kappa shape index (κ3) is 3.24. The maximum Gasteiger partial charge on any atom is 0.103 e. The Kier molecular flexibility index (Phi) is 6.00. The summed E-state index contributed by atoms with van der Waals surface area (Å²) in [4.78, 5) is 5.54. The van der Waals surface area contributed by atoms with Crippen molar-refractivity contribution in [1.82, 2.24) is 0 Å². The van der Waals surface area contributed by atoms with E-state index in [1.54, 1.807) is 11.1 Å². The van der Waals surface area contributed by atoms with Gasteiger partial charge in [-0.3, -0.25) is 0 Å². The number of aliphatic hydroxyl groups excluding tert-OH is 2. The Bertz CT molecular complexity index is 1850. The van der Waals surface area contributed by atoms with Crippen molar-refractivity contribution in [2.75, 3.05) is 62.3 Å². The molecule has 6 nitrogen and oxygen atoms in total. The zero-order chi connectivity index (χ0) is 33.6. The van der Waals surface area contributed by atoms with Crippen LogP contribution >= 0.6 is 0 Å². The van der Waals surface area contributed by atoms with Gasteiger partial charge in [-0.1, -0.05) is 61.7 Å². The molecule has 2 spiro atoms. The van der Waals surface area contributed by atoms with Crippen LogP contribution in [0.25, 0.3) is 0 Å². The Morgan fingerprint density at radius 1 is 0.680 bits per heavy atom. The molecule has 7 aliphatic heterocycles. The second-order valence-corrected chi connectivity index (χ2v) is 17.2. The molecule has 4 bridgehead atoms. The largest absolute Gasteiger partial charge is 0.392 e. The zero-order valence-corrected chi connectivity index (χ0v) is 29.1. The topological polar surface area (TPSA) is 46.9 Å². The molecule has 9 aliphatic rings. The fraction of sp³-hybridized carbons (Fsp3) is 0.455. The monoisotopic (exact) mass is 666 g/mol. The van der Waals surface area contributed by atoms with E-state index in [2.05, 4.69) is 108 Å². The normalized spacial score (nSPS) is 45.5. The quantitative estimate of drug-likeness (QED) is 0.317. The highest BCUT2D eigenvalue weighted by Crippen LogP contribution is 2.69. The minimum atomic E-state index is 0.0183. The first-order valence-electron chi connectivity index (χ1n) is 19.2. The highest BCUT2D eigenvalue weighted by atomic mass is 16.3. The molecule has 11 rings (SSSR count). The molecule has 2 aromatic rings. The van der Waals surface area contributed by atoms with E-state index in [4.69, 9.17) is 0 Å². The van der Waals surface area contributed by atoms with Crippen LogP contribution in [-0.4, -0.2) is 95.8 Å². The molecule has 2 saturated carbocycles. The smallest absolute Gasteiger partial charge is 0.103 e. The maximum atomic E-state index is 10.5. The third-order valence-corrected chi connectivity index (χ3v) is 15.9. The van der Waals surface area contributed by atoms with Crippen molar-refractivity contribution >= 4 is 11.4 Å². The molecule has 7 heterocycles. The van der Waals surface area contributed by atoms with Gasteiger partial charge < -0.3 is 29.0 Å². The van der Waals surface area contributed by atoms with Gasteiger partial charge in [0.2, 0.25) is 0 Å². The first-order chi connectivity index (χ1) is 24.5. The Hall–Kier alpha value is -3.68. The number of para-hydroxylation sites is 2. The minimum absolute atomic E-state index is 0.0183. The summed E-state index contributed by atoms with van der Waals surface area (Å²) in [5.74, 6) is 0.615. The maximum absolute atomic E-state index is 10.5. The van der Waals surface area contributed by atoms with Crippen molar-refractivity contribution in [3.05, 3.63) is 132 Å². The molecule has 6 heteroatoms. The number of hydrogen-bond donors (Lipinski definition) is 2. The SMILES string of the molecule is C=CC[N@@+]12CC[C@@]34c5ccccc5N5/C=C6/C7CC8[C@@]9(CC[N@@+]8(CC=C)C/C7=C/CO)c7ccccc7N(/C=C(/C(CC31)/C(=C\CO)C2)C54)C69. The first kappa shape index (κ1) is 30.0.